The van der Waals surface area contributed by atoms with Crippen LogP contribution in [-0.4, -0.2) is 85.5 Å². The molecule has 44 heavy (non-hydrogen) atoms. The number of likely N-dealkylation sites (tertiary alicyclic amines) is 1. The number of methoxy groups -OCH3 is 2. The molecular weight excluding hydrogens is 592 g/mol. The van der Waals surface area contributed by atoms with Crippen molar-refractivity contribution in [2.75, 3.05) is 20.8 Å². The minimum atomic E-state index is -3.85. The number of amides is 3. The monoisotopic (exact) mass is 630 g/mol. The number of rotatable bonds is 10. The van der Waals surface area contributed by atoms with Crippen LogP contribution in [0.3, 0.4) is 0 Å². The van der Waals surface area contributed by atoms with Crippen molar-refractivity contribution < 1.29 is 41.7 Å². The standard InChI is InChI=1S/C30H38N4O9S/c1-7-18-15-30(18,27(36)33-44(38,39)21-9-10-21)32-25(35)23-14-20(16-34(23)28(37)43-29(2,3)4)42-26-22-11-8-19(40-5)12-17(22)13-24(31-26)41-6/h7-8,11-13,18,20-21,23H,1,9-10,14-16H2,2-6H3,(H,32,35)(H,33,36)/t18-,20-,23+,30-/m1/s1. The molecule has 1 aliphatic heterocycles. The zero-order valence-electron chi connectivity index (χ0n) is 25.4. The van der Waals surface area contributed by atoms with E-state index in [1.165, 1.54) is 18.1 Å². The average Bonchev–Trinajstić information content (AvgIpc) is 3.88. The van der Waals surface area contributed by atoms with Crippen LogP contribution in [0.2, 0.25) is 0 Å². The first-order chi connectivity index (χ1) is 20.7. The zero-order chi connectivity index (χ0) is 32.0. The second kappa shape index (κ2) is 11.5. The summed E-state index contributed by atoms with van der Waals surface area (Å²) < 4.78 is 49.7. The molecule has 13 nitrogen and oxygen atoms in total. The molecule has 4 atom stereocenters. The minimum Gasteiger partial charge on any atom is -0.497 e. The number of carbonyl (C=O) groups is 3. The molecule has 0 bridgehead atoms. The van der Waals surface area contributed by atoms with Gasteiger partial charge in [0.1, 0.15) is 29.0 Å². The Morgan fingerprint density at radius 3 is 2.45 bits per heavy atom. The molecule has 14 heteroatoms. The van der Waals surface area contributed by atoms with Crippen LogP contribution >= 0.6 is 0 Å². The van der Waals surface area contributed by atoms with E-state index in [1.54, 1.807) is 46.1 Å². The molecule has 2 aliphatic carbocycles. The van der Waals surface area contributed by atoms with Gasteiger partial charge in [-0.1, -0.05) is 6.08 Å². The maximum atomic E-state index is 13.8. The third kappa shape index (κ3) is 6.40. The van der Waals surface area contributed by atoms with E-state index in [4.69, 9.17) is 18.9 Å². The third-order valence-corrected chi connectivity index (χ3v) is 9.73. The third-order valence-electron chi connectivity index (χ3n) is 7.91. The van der Waals surface area contributed by atoms with E-state index in [-0.39, 0.29) is 25.3 Å². The Hall–Kier alpha value is -4.07. The number of fused-ring (bicyclic) bond motifs is 1. The summed E-state index contributed by atoms with van der Waals surface area (Å²) in [7, 11) is -0.806. The van der Waals surface area contributed by atoms with Gasteiger partial charge in [-0.3, -0.25) is 19.2 Å². The highest BCUT2D eigenvalue weighted by Gasteiger charge is 2.62. The highest BCUT2D eigenvalue weighted by atomic mass is 32.2. The lowest BCUT2D eigenvalue weighted by Gasteiger charge is -2.29. The second-order valence-electron chi connectivity index (χ2n) is 12.4. The molecule has 1 aromatic heterocycles. The predicted molar refractivity (Wildman–Crippen MR) is 160 cm³/mol. The largest absolute Gasteiger partial charge is 0.497 e. The summed E-state index contributed by atoms with van der Waals surface area (Å²) in [5, 5.41) is 3.55. The average molecular weight is 631 g/mol. The molecule has 0 unspecified atom stereocenters. The molecule has 3 aliphatic rings. The van der Waals surface area contributed by atoms with E-state index < -0.39 is 62.4 Å². The molecule has 0 spiro atoms. The van der Waals surface area contributed by atoms with Crippen molar-refractivity contribution in [1.82, 2.24) is 19.9 Å². The normalized spacial score (nSPS) is 24.8. The lowest BCUT2D eigenvalue weighted by atomic mass is 10.1. The van der Waals surface area contributed by atoms with E-state index >= 15 is 0 Å². The van der Waals surface area contributed by atoms with Gasteiger partial charge in [0.25, 0.3) is 5.91 Å². The van der Waals surface area contributed by atoms with Crippen molar-refractivity contribution >= 4 is 38.7 Å². The fourth-order valence-corrected chi connectivity index (χ4v) is 6.70. The molecule has 3 amide bonds. The first kappa shape index (κ1) is 31.4. The number of carbonyl (C=O) groups excluding carboxylic acids is 3. The van der Waals surface area contributed by atoms with E-state index in [1.807, 2.05) is 6.07 Å². The number of sulfonamides is 1. The molecule has 2 heterocycles. The maximum Gasteiger partial charge on any atom is 0.411 e. The smallest absolute Gasteiger partial charge is 0.411 e. The van der Waals surface area contributed by atoms with E-state index in [0.717, 1.165) is 5.39 Å². The van der Waals surface area contributed by atoms with Gasteiger partial charge < -0.3 is 24.3 Å². The summed E-state index contributed by atoms with van der Waals surface area (Å²) in [5.74, 6) is -0.763. The van der Waals surface area contributed by atoms with Crippen LogP contribution in [-0.2, 0) is 24.3 Å². The minimum absolute atomic E-state index is 0.0102. The summed E-state index contributed by atoms with van der Waals surface area (Å²) in [5.41, 5.74) is -2.34. The Morgan fingerprint density at radius 2 is 1.86 bits per heavy atom. The zero-order valence-corrected chi connectivity index (χ0v) is 26.2. The molecule has 2 aromatic rings. The first-order valence-electron chi connectivity index (χ1n) is 14.4. The van der Waals surface area contributed by atoms with Crippen molar-refractivity contribution in [3.8, 4) is 17.5 Å². The Bertz CT molecular complexity index is 1600. The van der Waals surface area contributed by atoms with Gasteiger partial charge in [0, 0.05) is 23.8 Å². The number of pyridine rings is 1. The van der Waals surface area contributed by atoms with Crippen LogP contribution in [0.4, 0.5) is 4.79 Å². The van der Waals surface area contributed by atoms with E-state index in [0.29, 0.717) is 29.9 Å². The van der Waals surface area contributed by atoms with Crippen LogP contribution in [0.25, 0.3) is 10.8 Å². The first-order valence-corrected chi connectivity index (χ1v) is 15.9. The molecule has 2 saturated carbocycles. The topological polar surface area (TPSA) is 162 Å². The quantitative estimate of drug-likeness (QED) is 0.373. The lowest BCUT2D eigenvalue weighted by Crippen LogP contribution is -2.56. The molecule has 238 valence electrons. The van der Waals surface area contributed by atoms with Gasteiger partial charge in [-0.15, -0.1) is 6.58 Å². The molecule has 5 rings (SSSR count). The predicted octanol–water partition coefficient (Wildman–Crippen LogP) is 2.68. The van der Waals surface area contributed by atoms with Crippen LogP contribution in [0.5, 0.6) is 17.5 Å². The van der Waals surface area contributed by atoms with E-state index in [2.05, 4.69) is 21.6 Å². The van der Waals surface area contributed by atoms with Crippen LogP contribution in [0.15, 0.2) is 36.9 Å². The van der Waals surface area contributed by atoms with Crippen molar-refractivity contribution in [2.24, 2.45) is 5.92 Å². The highest BCUT2D eigenvalue weighted by molar-refractivity contribution is 7.91. The fraction of sp³-hybridized carbons (Fsp3) is 0.533. The maximum absolute atomic E-state index is 13.8. The molecule has 2 N–H and O–H groups in total. The van der Waals surface area contributed by atoms with Crippen LogP contribution < -0.4 is 24.2 Å². The van der Waals surface area contributed by atoms with Crippen molar-refractivity contribution in [3.63, 3.8) is 0 Å². The summed E-state index contributed by atoms with van der Waals surface area (Å²) in [6.45, 7) is 8.86. The van der Waals surface area contributed by atoms with E-state index in [9.17, 15) is 22.8 Å². The highest BCUT2D eigenvalue weighted by Crippen LogP contribution is 2.45. The van der Waals surface area contributed by atoms with Gasteiger partial charge in [0.05, 0.1) is 26.0 Å². The Labute approximate surface area is 256 Å². The van der Waals surface area contributed by atoms with Gasteiger partial charge in [-0.05, 0) is 63.6 Å². The van der Waals surface area contributed by atoms with Crippen LogP contribution in [0, 0.1) is 5.92 Å². The number of benzene rings is 1. The molecule has 3 fully saturated rings. The van der Waals surface area contributed by atoms with Gasteiger partial charge in [-0.2, -0.15) is 4.98 Å². The fourth-order valence-electron chi connectivity index (χ4n) is 5.33. The number of ether oxygens (including phenoxy) is 4. The van der Waals surface area contributed by atoms with Crippen molar-refractivity contribution in [1.29, 1.82) is 0 Å². The Balaban J connectivity index is 1.40. The van der Waals surface area contributed by atoms with Gasteiger partial charge in [0.15, 0.2) is 0 Å². The van der Waals surface area contributed by atoms with Gasteiger partial charge in [0.2, 0.25) is 27.7 Å². The molecule has 1 saturated heterocycles. The van der Waals surface area contributed by atoms with Crippen molar-refractivity contribution in [3.05, 3.63) is 36.9 Å². The summed E-state index contributed by atoms with van der Waals surface area (Å²) >= 11 is 0. The lowest BCUT2D eigenvalue weighted by molar-refractivity contribution is -0.131. The number of hydrogen-bond donors (Lipinski definition) is 2. The Kier molecular flexibility index (Phi) is 8.16. The van der Waals surface area contributed by atoms with Gasteiger partial charge >= 0.3 is 6.09 Å². The Morgan fingerprint density at radius 1 is 1.14 bits per heavy atom. The number of aromatic nitrogens is 1. The number of hydrogen-bond acceptors (Lipinski definition) is 10. The number of nitrogens with zero attached hydrogens (tertiary/aromatic N) is 2. The van der Waals surface area contributed by atoms with Gasteiger partial charge in [-0.25, -0.2) is 13.2 Å². The molecule has 1 aromatic carbocycles. The summed E-state index contributed by atoms with van der Waals surface area (Å²) in [6.07, 6.45) is 1.28. The molecule has 0 radical (unpaired) electrons. The molecular formula is C30H38N4O9S. The number of nitrogens with one attached hydrogen (secondary N) is 2. The SMILES string of the molecule is C=C[C@@H]1C[C@]1(NC(=O)[C@@H]1C[C@@H](Oc2nc(OC)cc3cc(OC)ccc23)CN1C(=O)OC(C)(C)C)C(=O)NS(=O)(=O)C1CC1. The van der Waals surface area contributed by atoms with Crippen molar-refractivity contribution in [2.45, 2.75) is 75.0 Å². The van der Waals surface area contributed by atoms with Crippen LogP contribution in [0.1, 0.15) is 46.5 Å². The second-order valence-corrected chi connectivity index (χ2v) is 14.3. The summed E-state index contributed by atoms with van der Waals surface area (Å²) in [4.78, 5) is 46.1. The summed E-state index contributed by atoms with van der Waals surface area (Å²) in [6, 6.07) is 6.02.